The summed E-state index contributed by atoms with van der Waals surface area (Å²) in [5.41, 5.74) is 2.24. The summed E-state index contributed by atoms with van der Waals surface area (Å²) in [7, 11) is 1.49. The first-order valence-corrected chi connectivity index (χ1v) is 9.68. The molecule has 0 saturated carbocycles. The van der Waals surface area contributed by atoms with Crippen molar-refractivity contribution in [3.8, 4) is 5.75 Å². The number of aryl methyl sites for hydroxylation is 2. The number of carbonyl (C=O) groups is 2. The number of pyridine rings is 1. The first-order valence-electron chi connectivity index (χ1n) is 9.68. The summed E-state index contributed by atoms with van der Waals surface area (Å²) in [5, 5.41) is 5.57. The van der Waals surface area contributed by atoms with Crippen molar-refractivity contribution in [3.05, 3.63) is 51.4 Å². The summed E-state index contributed by atoms with van der Waals surface area (Å²) in [6, 6.07) is 6.77. The van der Waals surface area contributed by atoms with E-state index in [1.165, 1.54) is 7.11 Å². The molecule has 0 aliphatic carbocycles. The maximum Gasteiger partial charge on any atom is 0.263 e. The lowest BCUT2D eigenvalue weighted by molar-refractivity contribution is -0.116. The second-order valence-corrected chi connectivity index (χ2v) is 7.41. The summed E-state index contributed by atoms with van der Waals surface area (Å²) >= 11 is 0. The molecule has 156 valence electrons. The normalized spacial score (nSPS) is 10.7. The lowest BCUT2D eigenvalue weighted by atomic mass is 10.1. The highest BCUT2D eigenvalue weighted by Gasteiger charge is 2.18. The molecule has 7 heteroatoms. The lowest BCUT2D eigenvalue weighted by Gasteiger charge is -2.15. The fourth-order valence-corrected chi connectivity index (χ4v) is 3.23. The average molecular weight is 399 g/mol. The van der Waals surface area contributed by atoms with Crippen molar-refractivity contribution in [2.75, 3.05) is 17.7 Å². The van der Waals surface area contributed by atoms with Crippen LogP contribution in [0.3, 0.4) is 0 Å². The molecule has 2 aromatic rings. The van der Waals surface area contributed by atoms with Crippen molar-refractivity contribution < 1.29 is 14.3 Å². The highest BCUT2D eigenvalue weighted by atomic mass is 16.5. The fraction of sp³-hybridized carbons (Fsp3) is 0.409. The van der Waals surface area contributed by atoms with Crippen molar-refractivity contribution in [1.82, 2.24) is 4.57 Å². The van der Waals surface area contributed by atoms with Gasteiger partial charge in [-0.2, -0.15) is 0 Å². The third-order valence-electron chi connectivity index (χ3n) is 4.57. The van der Waals surface area contributed by atoms with E-state index < -0.39 is 5.91 Å². The number of ether oxygens (including phenoxy) is 1. The van der Waals surface area contributed by atoms with Crippen LogP contribution < -0.4 is 20.9 Å². The molecule has 0 spiro atoms. The molecule has 7 nitrogen and oxygen atoms in total. The Balaban J connectivity index is 2.28. The van der Waals surface area contributed by atoms with Gasteiger partial charge in [0.2, 0.25) is 5.91 Å². The molecule has 2 amide bonds. The molecule has 1 aromatic heterocycles. The maximum atomic E-state index is 12.8. The van der Waals surface area contributed by atoms with Gasteiger partial charge < -0.3 is 19.9 Å². The Morgan fingerprint density at radius 2 is 1.83 bits per heavy atom. The predicted octanol–water partition coefficient (Wildman–Crippen LogP) is 3.73. The number of rotatable bonds is 7. The Morgan fingerprint density at radius 3 is 2.41 bits per heavy atom. The van der Waals surface area contributed by atoms with Gasteiger partial charge in [0.05, 0.1) is 12.8 Å². The number of aromatic nitrogens is 1. The van der Waals surface area contributed by atoms with Crippen molar-refractivity contribution >= 4 is 23.2 Å². The van der Waals surface area contributed by atoms with Crippen molar-refractivity contribution in [1.29, 1.82) is 0 Å². The van der Waals surface area contributed by atoms with Gasteiger partial charge in [-0.15, -0.1) is 0 Å². The predicted molar refractivity (Wildman–Crippen MR) is 115 cm³/mol. The van der Waals surface area contributed by atoms with Crippen LogP contribution in [-0.4, -0.2) is 23.5 Å². The Labute approximate surface area is 171 Å². The highest BCUT2D eigenvalue weighted by Crippen LogP contribution is 2.28. The van der Waals surface area contributed by atoms with Crippen LogP contribution in [0.15, 0.2) is 29.1 Å². The van der Waals surface area contributed by atoms with Crippen LogP contribution in [0.4, 0.5) is 11.4 Å². The number of amides is 2. The number of anilines is 2. The smallest absolute Gasteiger partial charge is 0.263 e. The van der Waals surface area contributed by atoms with Gasteiger partial charge in [-0.05, 0) is 50.5 Å². The van der Waals surface area contributed by atoms with E-state index in [1.807, 2.05) is 33.8 Å². The standard InChI is InChI=1S/C22H29N3O4/c1-7-25-15(5)11-14(4)20(22(25)28)21(27)23-16-8-9-17(18(12-16)29-6)24-19(26)10-13(2)3/h8-9,11-13H,7,10H2,1-6H3,(H,23,27)(H,24,26). The molecule has 0 aliphatic heterocycles. The number of hydrogen-bond donors (Lipinski definition) is 2. The molecule has 2 N–H and O–H groups in total. The largest absolute Gasteiger partial charge is 0.494 e. The number of nitrogens with one attached hydrogen (secondary N) is 2. The molecule has 0 unspecified atom stereocenters. The molecular formula is C22H29N3O4. The third-order valence-corrected chi connectivity index (χ3v) is 4.57. The van der Waals surface area contributed by atoms with E-state index in [1.54, 1.807) is 29.7 Å². The minimum atomic E-state index is -0.478. The molecule has 0 aliphatic rings. The molecule has 2 rings (SSSR count). The van der Waals surface area contributed by atoms with E-state index >= 15 is 0 Å². The first-order chi connectivity index (χ1) is 13.7. The fourth-order valence-electron chi connectivity index (χ4n) is 3.23. The van der Waals surface area contributed by atoms with Crippen molar-refractivity contribution in [2.24, 2.45) is 5.92 Å². The van der Waals surface area contributed by atoms with Crippen LogP contribution in [0, 0.1) is 19.8 Å². The van der Waals surface area contributed by atoms with Crippen LogP contribution in [0.1, 0.15) is 48.8 Å². The average Bonchev–Trinajstić information content (AvgIpc) is 2.62. The van der Waals surface area contributed by atoms with Crippen LogP contribution in [0.5, 0.6) is 5.75 Å². The summed E-state index contributed by atoms with van der Waals surface area (Å²) in [6.07, 6.45) is 0.401. The lowest BCUT2D eigenvalue weighted by Crippen LogP contribution is -2.31. The zero-order valence-electron chi connectivity index (χ0n) is 17.9. The Bertz CT molecular complexity index is 977. The molecule has 29 heavy (non-hydrogen) atoms. The first kappa shape index (κ1) is 22.2. The monoisotopic (exact) mass is 399 g/mol. The second kappa shape index (κ2) is 9.41. The van der Waals surface area contributed by atoms with Gasteiger partial charge in [0, 0.05) is 30.4 Å². The minimum Gasteiger partial charge on any atom is -0.494 e. The topological polar surface area (TPSA) is 89.4 Å². The highest BCUT2D eigenvalue weighted by molar-refractivity contribution is 6.05. The van der Waals surface area contributed by atoms with Crippen molar-refractivity contribution in [2.45, 2.75) is 47.6 Å². The van der Waals surface area contributed by atoms with E-state index in [-0.39, 0.29) is 22.9 Å². The molecule has 0 atom stereocenters. The van der Waals surface area contributed by atoms with E-state index in [9.17, 15) is 14.4 Å². The van der Waals surface area contributed by atoms with E-state index in [2.05, 4.69) is 10.6 Å². The summed E-state index contributed by atoms with van der Waals surface area (Å²) in [5.74, 6) is 0.0785. The van der Waals surface area contributed by atoms with Crippen LogP contribution in [-0.2, 0) is 11.3 Å². The van der Waals surface area contributed by atoms with Gasteiger partial charge >= 0.3 is 0 Å². The van der Waals surface area contributed by atoms with Crippen LogP contribution >= 0.6 is 0 Å². The van der Waals surface area contributed by atoms with Crippen LogP contribution in [0.25, 0.3) is 0 Å². The number of carbonyl (C=O) groups excluding carboxylic acids is 2. The zero-order valence-corrected chi connectivity index (χ0v) is 17.9. The van der Waals surface area contributed by atoms with Gasteiger partial charge in [0.15, 0.2) is 0 Å². The van der Waals surface area contributed by atoms with Gasteiger partial charge in [-0.1, -0.05) is 13.8 Å². The zero-order chi connectivity index (χ0) is 21.7. The van der Waals surface area contributed by atoms with Gasteiger partial charge in [0.25, 0.3) is 11.5 Å². The SMILES string of the molecule is CCn1c(C)cc(C)c(C(=O)Nc2ccc(NC(=O)CC(C)C)c(OC)c2)c1=O. The molecule has 0 radical (unpaired) electrons. The number of methoxy groups -OCH3 is 1. The second-order valence-electron chi connectivity index (χ2n) is 7.41. The molecule has 0 fully saturated rings. The number of benzene rings is 1. The van der Waals surface area contributed by atoms with Crippen molar-refractivity contribution in [3.63, 3.8) is 0 Å². The van der Waals surface area contributed by atoms with Gasteiger partial charge in [-0.25, -0.2) is 0 Å². The molecule has 0 saturated heterocycles. The summed E-state index contributed by atoms with van der Waals surface area (Å²) in [6.45, 7) is 9.88. The Hall–Kier alpha value is -3.09. The number of hydrogen-bond acceptors (Lipinski definition) is 4. The molecule has 1 heterocycles. The Morgan fingerprint density at radius 1 is 1.14 bits per heavy atom. The van der Waals surface area contributed by atoms with E-state index in [4.69, 9.17) is 4.74 Å². The van der Waals surface area contributed by atoms with Gasteiger partial charge in [-0.3, -0.25) is 14.4 Å². The van der Waals surface area contributed by atoms with Gasteiger partial charge in [0.1, 0.15) is 11.3 Å². The van der Waals surface area contributed by atoms with E-state index in [0.717, 1.165) is 5.69 Å². The summed E-state index contributed by atoms with van der Waals surface area (Å²) < 4.78 is 6.91. The summed E-state index contributed by atoms with van der Waals surface area (Å²) in [4.78, 5) is 37.5. The van der Waals surface area contributed by atoms with E-state index in [0.29, 0.717) is 35.7 Å². The van der Waals surface area contributed by atoms with Crippen LogP contribution in [0.2, 0.25) is 0 Å². The molecular weight excluding hydrogens is 370 g/mol. The molecule has 0 bridgehead atoms. The number of nitrogens with zero attached hydrogens (tertiary/aromatic N) is 1. The quantitative estimate of drug-likeness (QED) is 0.742. The molecule has 1 aromatic carbocycles. The minimum absolute atomic E-state index is 0.106. The third kappa shape index (κ3) is 5.25. The Kier molecular flexibility index (Phi) is 7.20. The maximum absolute atomic E-state index is 12.8.